The largest absolute Gasteiger partial charge is 0.368 e. The average Bonchev–Trinajstić information content (AvgIpc) is 3.12. The van der Waals surface area contributed by atoms with Crippen molar-refractivity contribution in [1.82, 2.24) is 20.5 Å². The molecule has 2 aromatic rings. The quantitative estimate of drug-likeness (QED) is 0.907. The number of amides is 1. The molecule has 2 N–H and O–H groups in total. The van der Waals surface area contributed by atoms with Crippen molar-refractivity contribution in [3.63, 3.8) is 0 Å². The number of aromatic nitrogens is 3. The highest BCUT2D eigenvalue weighted by Gasteiger charge is 2.33. The number of rotatable bonds is 3. The third-order valence-corrected chi connectivity index (χ3v) is 3.60. The van der Waals surface area contributed by atoms with E-state index in [9.17, 15) is 9.18 Å². The van der Waals surface area contributed by atoms with Gasteiger partial charge in [0, 0.05) is 6.61 Å². The summed E-state index contributed by atoms with van der Waals surface area (Å²) in [4.78, 5) is 16.2. The highest BCUT2D eigenvalue weighted by atomic mass is 35.5. The van der Waals surface area contributed by atoms with Gasteiger partial charge in [-0.05, 0) is 18.6 Å². The Labute approximate surface area is 124 Å². The Morgan fingerprint density at radius 1 is 1.52 bits per heavy atom. The Kier molecular flexibility index (Phi) is 3.85. The molecule has 0 radical (unpaired) electrons. The molecule has 2 heterocycles. The van der Waals surface area contributed by atoms with Crippen molar-refractivity contribution in [3.8, 4) is 0 Å². The van der Waals surface area contributed by atoms with Gasteiger partial charge in [0.1, 0.15) is 12.4 Å². The lowest BCUT2D eigenvalue weighted by molar-refractivity contribution is 0.0789. The first-order valence-corrected chi connectivity index (χ1v) is 6.76. The summed E-state index contributed by atoms with van der Waals surface area (Å²) >= 11 is 5.68. The summed E-state index contributed by atoms with van der Waals surface area (Å²) in [5, 5.41) is 9.13. The fraction of sp³-hybridized carbons (Fsp3) is 0.308. The van der Waals surface area contributed by atoms with Crippen molar-refractivity contribution in [2.24, 2.45) is 0 Å². The summed E-state index contributed by atoms with van der Waals surface area (Å²) in [6.45, 7) is 0.480. The average molecular weight is 311 g/mol. The van der Waals surface area contributed by atoms with Crippen molar-refractivity contribution in [1.29, 1.82) is 0 Å². The molecule has 1 aliphatic rings. The van der Waals surface area contributed by atoms with E-state index in [1.54, 1.807) is 0 Å². The van der Waals surface area contributed by atoms with Crippen molar-refractivity contribution in [2.45, 2.75) is 18.6 Å². The number of aromatic amines is 1. The standard InChI is InChI=1S/C13H12ClFN4O2/c14-8-3-1-2-7(10(8)15)13(20)18-9-4-5-21-11(9)12-16-6-17-19-12/h1-3,6,9,11H,4-5H2,(H,18,20)(H,16,17,19)/t9-,11+/m0/s1. The lowest BCUT2D eigenvalue weighted by Gasteiger charge is -2.18. The van der Waals surface area contributed by atoms with Gasteiger partial charge in [-0.2, -0.15) is 5.10 Å². The highest BCUT2D eigenvalue weighted by Crippen LogP contribution is 2.27. The normalized spacial score (nSPS) is 21.4. The molecule has 3 rings (SSSR count). The number of carbonyl (C=O) groups is 1. The van der Waals surface area contributed by atoms with Gasteiger partial charge in [-0.15, -0.1) is 0 Å². The number of nitrogens with zero attached hydrogens (tertiary/aromatic N) is 2. The van der Waals surface area contributed by atoms with E-state index >= 15 is 0 Å². The lowest BCUT2D eigenvalue weighted by Crippen LogP contribution is -2.37. The Morgan fingerprint density at radius 3 is 3.14 bits per heavy atom. The Balaban J connectivity index is 1.76. The molecule has 1 aromatic carbocycles. The van der Waals surface area contributed by atoms with Gasteiger partial charge in [-0.1, -0.05) is 17.7 Å². The number of H-pyrrole nitrogens is 1. The minimum absolute atomic E-state index is 0.0860. The fourth-order valence-corrected chi connectivity index (χ4v) is 2.46. The molecular formula is C13H12ClFN4O2. The van der Waals surface area contributed by atoms with E-state index in [2.05, 4.69) is 20.5 Å². The first-order valence-electron chi connectivity index (χ1n) is 6.38. The number of ether oxygens (including phenoxy) is 1. The maximum atomic E-state index is 13.8. The molecule has 1 amide bonds. The van der Waals surface area contributed by atoms with E-state index in [0.29, 0.717) is 18.9 Å². The molecule has 110 valence electrons. The number of carbonyl (C=O) groups excluding carboxylic acids is 1. The van der Waals surface area contributed by atoms with Crippen molar-refractivity contribution in [3.05, 3.63) is 46.8 Å². The van der Waals surface area contributed by atoms with Gasteiger partial charge in [0.05, 0.1) is 16.6 Å². The molecule has 1 saturated heterocycles. The van der Waals surface area contributed by atoms with Crippen LogP contribution in [0.2, 0.25) is 5.02 Å². The van der Waals surface area contributed by atoms with E-state index in [-0.39, 0.29) is 16.6 Å². The smallest absolute Gasteiger partial charge is 0.254 e. The molecular weight excluding hydrogens is 299 g/mol. The van der Waals surface area contributed by atoms with Crippen LogP contribution in [-0.4, -0.2) is 33.7 Å². The maximum absolute atomic E-state index is 13.8. The predicted octanol–water partition coefficient (Wildman–Crippen LogP) is 1.86. The first-order chi connectivity index (χ1) is 10.2. The lowest BCUT2D eigenvalue weighted by atomic mass is 10.1. The molecule has 21 heavy (non-hydrogen) atoms. The van der Waals surface area contributed by atoms with Gasteiger partial charge in [0.25, 0.3) is 5.91 Å². The second-order valence-corrected chi connectivity index (χ2v) is 5.04. The second kappa shape index (κ2) is 5.79. The summed E-state index contributed by atoms with van der Waals surface area (Å²) < 4.78 is 19.4. The molecule has 0 aliphatic carbocycles. The van der Waals surface area contributed by atoms with Crippen LogP contribution in [0.15, 0.2) is 24.5 Å². The molecule has 1 fully saturated rings. The number of nitrogens with one attached hydrogen (secondary N) is 2. The molecule has 1 aliphatic heterocycles. The van der Waals surface area contributed by atoms with Gasteiger partial charge in [-0.25, -0.2) is 9.37 Å². The van der Waals surface area contributed by atoms with Crippen molar-refractivity contribution >= 4 is 17.5 Å². The van der Waals surface area contributed by atoms with Crippen LogP contribution < -0.4 is 5.32 Å². The van der Waals surface area contributed by atoms with Gasteiger partial charge in [0.15, 0.2) is 11.6 Å². The molecule has 8 heteroatoms. The van der Waals surface area contributed by atoms with E-state index in [1.807, 2.05) is 0 Å². The van der Waals surface area contributed by atoms with Gasteiger partial charge >= 0.3 is 0 Å². The third-order valence-electron chi connectivity index (χ3n) is 3.31. The van der Waals surface area contributed by atoms with E-state index in [1.165, 1.54) is 24.5 Å². The molecule has 6 nitrogen and oxygen atoms in total. The summed E-state index contributed by atoms with van der Waals surface area (Å²) in [5.74, 6) is -0.730. The summed E-state index contributed by atoms with van der Waals surface area (Å²) in [5.41, 5.74) is -0.0919. The Hall–Kier alpha value is -1.99. The highest BCUT2D eigenvalue weighted by molar-refractivity contribution is 6.31. The van der Waals surface area contributed by atoms with Gasteiger partial charge in [0.2, 0.25) is 0 Å². The number of hydrogen-bond donors (Lipinski definition) is 2. The molecule has 0 unspecified atom stereocenters. The molecule has 0 saturated carbocycles. The number of halogens is 2. The third kappa shape index (κ3) is 2.74. The topological polar surface area (TPSA) is 79.9 Å². The van der Waals surface area contributed by atoms with Crippen LogP contribution in [0.3, 0.4) is 0 Å². The minimum atomic E-state index is -0.730. The van der Waals surface area contributed by atoms with Crippen molar-refractivity contribution < 1.29 is 13.9 Å². The molecule has 1 aromatic heterocycles. The van der Waals surface area contributed by atoms with Crippen molar-refractivity contribution in [2.75, 3.05) is 6.61 Å². The van der Waals surface area contributed by atoms with Crippen LogP contribution in [0.5, 0.6) is 0 Å². The zero-order valence-electron chi connectivity index (χ0n) is 10.8. The summed E-state index contributed by atoms with van der Waals surface area (Å²) in [6, 6.07) is 4.00. The Morgan fingerprint density at radius 2 is 2.38 bits per heavy atom. The summed E-state index contributed by atoms with van der Waals surface area (Å²) in [6.07, 6.45) is 1.56. The van der Waals surface area contributed by atoms with Gasteiger partial charge in [-0.3, -0.25) is 9.89 Å². The van der Waals surface area contributed by atoms with Crippen LogP contribution in [0.4, 0.5) is 4.39 Å². The van der Waals surface area contributed by atoms with Crippen LogP contribution in [0.1, 0.15) is 28.7 Å². The summed E-state index contributed by atoms with van der Waals surface area (Å²) in [7, 11) is 0. The zero-order chi connectivity index (χ0) is 14.8. The Bertz CT molecular complexity index is 650. The molecule has 0 spiro atoms. The predicted molar refractivity (Wildman–Crippen MR) is 72.4 cm³/mol. The second-order valence-electron chi connectivity index (χ2n) is 4.63. The molecule has 0 bridgehead atoms. The van der Waals surface area contributed by atoms with Crippen LogP contribution in [0.25, 0.3) is 0 Å². The maximum Gasteiger partial charge on any atom is 0.254 e. The van der Waals surface area contributed by atoms with E-state index < -0.39 is 17.8 Å². The van der Waals surface area contributed by atoms with E-state index in [4.69, 9.17) is 16.3 Å². The SMILES string of the molecule is O=C(N[C@H]1CCO[C@H]1c1ncn[nH]1)c1cccc(Cl)c1F. The number of benzene rings is 1. The van der Waals surface area contributed by atoms with Crippen LogP contribution >= 0.6 is 11.6 Å². The molecule has 2 atom stereocenters. The van der Waals surface area contributed by atoms with Crippen LogP contribution in [0, 0.1) is 5.82 Å². The monoisotopic (exact) mass is 310 g/mol. The zero-order valence-corrected chi connectivity index (χ0v) is 11.6. The van der Waals surface area contributed by atoms with Gasteiger partial charge < -0.3 is 10.1 Å². The minimum Gasteiger partial charge on any atom is -0.368 e. The first kappa shape index (κ1) is 14.0. The number of hydrogen-bond acceptors (Lipinski definition) is 4. The fourth-order valence-electron chi connectivity index (χ4n) is 2.28. The van der Waals surface area contributed by atoms with E-state index in [0.717, 1.165) is 0 Å². The van der Waals surface area contributed by atoms with Crippen LogP contribution in [-0.2, 0) is 4.74 Å².